The quantitative estimate of drug-likeness (QED) is 0.738. The van der Waals surface area contributed by atoms with Gasteiger partial charge in [-0.05, 0) is 48.1 Å². The molecule has 7 heteroatoms. The Morgan fingerprint density at radius 2 is 1.93 bits per heavy atom. The number of hydrogen-bond acceptors (Lipinski definition) is 6. The first-order chi connectivity index (χ1) is 14.1. The minimum absolute atomic E-state index is 0.0367. The molecular weight excluding hydrogens is 412 g/mol. The van der Waals surface area contributed by atoms with Crippen molar-refractivity contribution < 1.29 is 24.1 Å². The maximum Gasteiger partial charge on any atom is 0.161 e. The summed E-state index contributed by atoms with van der Waals surface area (Å²) < 4.78 is 23.1. The molecule has 0 radical (unpaired) electrons. The molecule has 0 aromatic heterocycles. The van der Waals surface area contributed by atoms with Crippen LogP contribution in [-0.2, 0) is 11.2 Å². The Hall–Kier alpha value is -1.60. The summed E-state index contributed by atoms with van der Waals surface area (Å²) in [5.41, 5.74) is 2.94. The van der Waals surface area contributed by atoms with Gasteiger partial charge in [-0.25, -0.2) is 0 Å². The van der Waals surface area contributed by atoms with Gasteiger partial charge in [0.1, 0.15) is 24.4 Å². The second-order valence-corrected chi connectivity index (χ2v) is 8.66. The molecule has 0 spiro atoms. The van der Waals surface area contributed by atoms with Crippen molar-refractivity contribution in [3.8, 4) is 17.2 Å². The third-order valence-corrected chi connectivity index (χ3v) is 6.46. The van der Waals surface area contributed by atoms with Gasteiger partial charge in [0.25, 0.3) is 0 Å². The Labute approximate surface area is 180 Å². The molecule has 2 aromatic carbocycles. The average molecular weight is 437 g/mol. The lowest BCUT2D eigenvalue weighted by Crippen LogP contribution is -2.29. The zero-order chi connectivity index (χ0) is 20.4. The minimum Gasteiger partial charge on any atom is -0.496 e. The molecule has 2 aliphatic heterocycles. The van der Waals surface area contributed by atoms with Crippen molar-refractivity contribution >= 4 is 23.4 Å². The monoisotopic (exact) mass is 436 g/mol. The van der Waals surface area contributed by atoms with E-state index in [-0.39, 0.29) is 11.5 Å². The Kier molecular flexibility index (Phi) is 6.44. The van der Waals surface area contributed by atoms with Crippen LogP contribution in [0, 0.1) is 0 Å². The number of rotatable bonds is 5. The van der Waals surface area contributed by atoms with Gasteiger partial charge in [0.05, 0.1) is 19.3 Å². The summed E-state index contributed by atoms with van der Waals surface area (Å²) in [5, 5.41) is 10.9. The molecule has 1 N–H and O–H groups in total. The highest BCUT2D eigenvalue weighted by atomic mass is 35.5. The molecule has 0 bridgehead atoms. The molecule has 3 unspecified atom stereocenters. The van der Waals surface area contributed by atoms with Crippen molar-refractivity contribution in [3.63, 3.8) is 0 Å². The summed E-state index contributed by atoms with van der Waals surface area (Å²) in [4.78, 5) is 0. The molecule has 4 rings (SSSR count). The first-order valence-electron chi connectivity index (χ1n) is 9.68. The summed E-state index contributed by atoms with van der Waals surface area (Å²) >= 11 is 8.18. The first kappa shape index (κ1) is 20.7. The standard InChI is InChI=1S/C22H25ClO5S/c1-25-19-12-17(23)14(7-13-3-4-18-21(8-13)27-6-5-26-18)9-16(19)20-10-15(24)11-22(28-20)29-2/h3-4,8-9,12,15,20,22,24H,5-7,10-11H2,1-2H3. The Morgan fingerprint density at radius 3 is 2.69 bits per heavy atom. The van der Waals surface area contributed by atoms with Crippen LogP contribution in [0.4, 0.5) is 0 Å². The predicted molar refractivity (Wildman–Crippen MR) is 115 cm³/mol. The SMILES string of the molecule is COc1cc(Cl)c(Cc2ccc3c(c2)OCCO3)cc1C1CC(O)CC(SC)O1. The number of ether oxygens (including phenoxy) is 4. The molecule has 156 valence electrons. The predicted octanol–water partition coefficient (Wildman–Crippen LogP) is 4.61. The van der Waals surface area contributed by atoms with Crippen LogP contribution < -0.4 is 14.2 Å². The van der Waals surface area contributed by atoms with Gasteiger partial charge in [-0.3, -0.25) is 0 Å². The second kappa shape index (κ2) is 9.04. The van der Waals surface area contributed by atoms with Crippen molar-refractivity contribution in [2.45, 2.75) is 36.9 Å². The van der Waals surface area contributed by atoms with Crippen LogP contribution in [0.1, 0.15) is 35.6 Å². The van der Waals surface area contributed by atoms with E-state index in [2.05, 4.69) is 0 Å². The normalized spacial score (nSPS) is 23.7. The molecule has 0 amide bonds. The summed E-state index contributed by atoms with van der Waals surface area (Å²) in [6, 6.07) is 9.84. The van der Waals surface area contributed by atoms with Gasteiger partial charge in [-0.15, -0.1) is 11.8 Å². The number of aliphatic hydroxyl groups excluding tert-OH is 1. The Balaban J connectivity index is 1.63. The highest BCUT2D eigenvalue weighted by molar-refractivity contribution is 7.99. The summed E-state index contributed by atoms with van der Waals surface area (Å²) in [5.74, 6) is 2.22. The number of thioether (sulfide) groups is 1. The van der Waals surface area contributed by atoms with Crippen molar-refractivity contribution in [2.75, 3.05) is 26.6 Å². The van der Waals surface area contributed by atoms with E-state index < -0.39 is 6.10 Å². The lowest BCUT2D eigenvalue weighted by atomic mass is 9.95. The number of benzene rings is 2. The molecule has 3 atom stereocenters. The van der Waals surface area contributed by atoms with E-state index in [9.17, 15) is 5.11 Å². The second-order valence-electron chi connectivity index (χ2n) is 7.26. The molecule has 2 heterocycles. The Morgan fingerprint density at radius 1 is 1.14 bits per heavy atom. The lowest BCUT2D eigenvalue weighted by Gasteiger charge is -2.33. The van der Waals surface area contributed by atoms with Gasteiger partial charge in [0.15, 0.2) is 11.5 Å². The van der Waals surface area contributed by atoms with Gasteiger partial charge in [0.2, 0.25) is 0 Å². The van der Waals surface area contributed by atoms with E-state index in [0.29, 0.717) is 43.2 Å². The molecule has 5 nitrogen and oxygen atoms in total. The van der Waals surface area contributed by atoms with Crippen LogP contribution in [0.5, 0.6) is 17.2 Å². The van der Waals surface area contributed by atoms with Crippen LogP contribution in [0.2, 0.25) is 5.02 Å². The molecular formula is C22H25ClO5S. The molecule has 1 fully saturated rings. The smallest absolute Gasteiger partial charge is 0.161 e. The fraction of sp³-hybridized carbons (Fsp3) is 0.455. The van der Waals surface area contributed by atoms with Gasteiger partial charge < -0.3 is 24.1 Å². The first-order valence-corrected chi connectivity index (χ1v) is 11.3. The molecule has 2 aromatic rings. The summed E-state index contributed by atoms with van der Waals surface area (Å²) in [6.07, 6.45) is 3.19. The van der Waals surface area contributed by atoms with Gasteiger partial charge in [0, 0.05) is 23.4 Å². The number of hydrogen-bond donors (Lipinski definition) is 1. The van der Waals surface area contributed by atoms with Gasteiger partial charge in [-0.2, -0.15) is 0 Å². The van der Waals surface area contributed by atoms with Crippen molar-refractivity contribution in [1.29, 1.82) is 0 Å². The highest BCUT2D eigenvalue weighted by Crippen LogP contribution is 2.41. The van der Waals surface area contributed by atoms with Crippen LogP contribution in [0.15, 0.2) is 30.3 Å². The van der Waals surface area contributed by atoms with E-state index >= 15 is 0 Å². The fourth-order valence-corrected chi connectivity index (χ4v) is 4.69. The number of aliphatic hydroxyl groups is 1. The molecule has 0 aliphatic carbocycles. The fourth-order valence-electron chi connectivity index (χ4n) is 3.81. The van der Waals surface area contributed by atoms with Crippen LogP contribution >= 0.6 is 23.4 Å². The maximum absolute atomic E-state index is 10.3. The molecule has 1 saturated heterocycles. The van der Waals surface area contributed by atoms with Crippen molar-refractivity contribution in [1.82, 2.24) is 0 Å². The van der Waals surface area contributed by atoms with E-state index in [1.165, 1.54) is 0 Å². The lowest BCUT2D eigenvalue weighted by molar-refractivity contribution is -0.0612. The Bertz CT molecular complexity index is 875. The third-order valence-electron chi connectivity index (χ3n) is 5.28. The molecule has 0 saturated carbocycles. The maximum atomic E-state index is 10.3. The average Bonchev–Trinajstić information content (AvgIpc) is 2.74. The van der Waals surface area contributed by atoms with E-state index in [0.717, 1.165) is 28.2 Å². The van der Waals surface area contributed by atoms with Crippen LogP contribution in [-0.4, -0.2) is 43.2 Å². The number of halogens is 1. The zero-order valence-electron chi connectivity index (χ0n) is 16.5. The topological polar surface area (TPSA) is 57.2 Å². The van der Waals surface area contributed by atoms with E-state index in [1.807, 2.05) is 36.6 Å². The summed E-state index contributed by atoms with van der Waals surface area (Å²) in [7, 11) is 1.63. The van der Waals surface area contributed by atoms with Crippen LogP contribution in [0.3, 0.4) is 0 Å². The minimum atomic E-state index is -0.396. The largest absolute Gasteiger partial charge is 0.496 e. The van der Waals surface area contributed by atoms with Gasteiger partial charge >= 0.3 is 0 Å². The number of fused-ring (bicyclic) bond motifs is 1. The third kappa shape index (κ3) is 4.61. The van der Waals surface area contributed by atoms with Crippen LogP contribution in [0.25, 0.3) is 0 Å². The van der Waals surface area contributed by atoms with Crippen molar-refractivity contribution in [3.05, 3.63) is 52.0 Å². The number of methoxy groups -OCH3 is 1. The van der Waals surface area contributed by atoms with Gasteiger partial charge in [-0.1, -0.05) is 17.7 Å². The van der Waals surface area contributed by atoms with E-state index in [1.54, 1.807) is 18.9 Å². The van der Waals surface area contributed by atoms with Crippen molar-refractivity contribution in [2.24, 2.45) is 0 Å². The zero-order valence-corrected chi connectivity index (χ0v) is 18.1. The highest BCUT2D eigenvalue weighted by Gasteiger charge is 2.31. The molecule has 29 heavy (non-hydrogen) atoms. The van der Waals surface area contributed by atoms with E-state index in [4.69, 9.17) is 30.5 Å². The molecule has 2 aliphatic rings. The summed E-state index contributed by atoms with van der Waals surface area (Å²) in [6.45, 7) is 1.13.